The van der Waals surface area contributed by atoms with Gasteiger partial charge in [-0.1, -0.05) is 0 Å². The lowest BCUT2D eigenvalue weighted by molar-refractivity contribution is 0.414. The summed E-state index contributed by atoms with van der Waals surface area (Å²) >= 11 is 0. The van der Waals surface area contributed by atoms with Crippen molar-refractivity contribution < 1.29 is 13.2 Å². The third kappa shape index (κ3) is 4.62. The summed E-state index contributed by atoms with van der Waals surface area (Å²) in [6.45, 7) is 2.07. The topological polar surface area (TPSA) is 96.5 Å². The molecule has 4 rings (SSSR count). The van der Waals surface area contributed by atoms with E-state index in [-0.39, 0.29) is 4.90 Å². The molecule has 8 nitrogen and oxygen atoms in total. The molecule has 1 aliphatic heterocycles. The fraction of sp³-hybridized carbons (Fsp3) is 0.238. The van der Waals surface area contributed by atoms with Gasteiger partial charge in [0.2, 0.25) is 0 Å². The van der Waals surface area contributed by atoms with Gasteiger partial charge in [-0.3, -0.25) is 4.72 Å². The zero-order valence-electron chi connectivity index (χ0n) is 16.6. The van der Waals surface area contributed by atoms with Gasteiger partial charge in [0.05, 0.1) is 23.9 Å². The van der Waals surface area contributed by atoms with E-state index in [1.165, 1.54) is 32.1 Å². The minimum atomic E-state index is -3.68. The highest BCUT2D eigenvalue weighted by molar-refractivity contribution is 7.92. The molecule has 2 N–H and O–H groups in total. The van der Waals surface area contributed by atoms with Crippen LogP contribution in [0.5, 0.6) is 5.75 Å². The monoisotopic (exact) mass is 425 g/mol. The Morgan fingerprint density at radius 2 is 1.63 bits per heavy atom. The number of hydrogen-bond donors (Lipinski definition) is 2. The van der Waals surface area contributed by atoms with Crippen LogP contribution in [-0.4, -0.2) is 38.8 Å². The van der Waals surface area contributed by atoms with E-state index in [0.29, 0.717) is 17.3 Å². The van der Waals surface area contributed by atoms with Crippen molar-refractivity contribution in [3.05, 3.63) is 60.8 Å². The van der Waals surface area contributed by atoms with E-state index in [9.17, 15) is 8.42 Å². The van der Waals surface area contributed by atoms with Crippen LogP contribution >= 0.6 is 0 Å². The maximum atomic E-state index is 12.6. The summed E-state index contributed by atoms with van der Waals surface area (Å²) in [5.41, 5.74) is 2.30. The van der Waals surface area contributed by atoms with E-state index < -0.39 is 10.0 Å². The van der Waals surface area contributed by atoms with E-state index in [2.05, 4.69) is 25.1 Å². The van der Waals surface area contributed by atoms with Crippen LogP contribution in [0.15, 0.2) is 65.7 Å². The number of benzene rings is 2. The number of sulfonamides is 1. The Morgan fingerprint density at radius 3 is 2.30 bits per heavy atom. The van der Waals surface area contributed by atoms with Gasteiger partial charge in [0, 0.05) is 30.5 Å². The number of ether oxygens (including phenoxy) is 1. The van der Waals surface area contributed by atoms with Gasteiger partial charge in [0.25, 0.3) is 10.0 Å². The third-order valence-electron chi connectivity index (χ3n) is 4.89. The predicted molar refractivity (Wildman–Crippen MR) is 117 cm³/mol. The highest BCUT2D eigenvalue weighted by Crippen LogP contribution is 2.24. The van der Waals surface area contributed by atoms with Crippen LogP contribution in [0.1, 0.15) is 12.8 Å². The number of hydrogen-bond acceptors (Lipinski definition) is 7. The minimum Gasteiger partial charge on any atom is -0.497 e. The molecule has 9 heteroatoms. The van der Waals surface area contributed by atoms with Gasteiger partial charge in [0.15, 0.2) is 5.82 Å². The first kappa shape index (κ1) is 20.0. The smallest absolute Gasteiger partial charge is 0.261 e. The molecule has 0 spiro atoms. The van der Waals surface area contributed by atoms with Crippen molar-refractivity contribution >= 4 is 32.9 Å². The van der Waals surface area contributed by atoms with Crippen LogP contribution in [0, 0.1) is 0 Å². The molecule has 0 radical (unpaired) electrons. The molecule has 2 aromatic carbocycles. The van der Waals surface area contributed by atoms with Crippen LogP contribution in [0.25, 0.3) is 0 Å². The van der Waals surface area contributed by atoms with Gasteiger partial charge in [-0.2, -0.15) is 5.10 Å². The van der Waals surface area contributed by atoms with Gasteiger partial charge >= 0.3 is 0 Å². The molecule has 1 aliphatic rings. The van der Waals surface area contributed by atoms with Crippen LogP contribution in [0.4, 0.5) is 22.9 Å². The first-order chi connectivity index (χ1) is 14.5. The normalized spacial score (nSPS) is 13.8. The van der Waals surface area contributed by atoms with Gasteiger partial charge < -0.3 is 15.0 Å². The molecule has 0 unspecified atom stereocenters. The summed E-state index contributed by atoms with van der Waals surface area (Å²) in [6, 6.07) is 15.2. The number of nitrogens with zero attached hydrogens (tertiary/aromatic N) is 3. The molecule has 3 aromatic rings. The Hall–Kier alpha value is -3.33. The summed E-state index contributed by atoms with van der Waals surface area (Å²) < 4.78 is 32.7. The second-order valence-electron chi connectivity index (χ2n) is 6.98. The summed E-state index contributed by atoms with van der Waals surface area (Å²) in [6.07, 6.45) is 4.16. The molecule has 0 aliphatic carbocycles. The summed E-state index contributed by atoms with van der Waals surface area (Å²) in [5.74, 6) is 1.24. The molecule has 0 amide bonds. The van der Waals surface area contributed by atoms with Gasteiger partial charge in [-0.25, -0.2) is 8.42 Å². The lowest BCUT2D eigenvalue weighted by atomic mass is 10.3. The highest BCUT2D eigenvalue weighted by Gasteiger charge is 2.15. The van der Waals surface area contributed by atoms with Crippen molar-refractivity contribution in [1.29, 1.82) is 0 Å². The van der Waals surface area contributed by atoms with E-state index >= 15 is 0 Å². The Morgan fingerprint density at radius 1 is 0.967 bits per heavy atom. The zero-order valence-corrected chi connectivity index (χ0v) is 17.4. The standard InChI is InChI=1S/C21H23N5O3S/c1-29-19-8-10-20(11-9-19)30(27,28)25-17-6-4-16(5-7-17)23-21-14-18(15-22-24-21)26-12-2-3-13-26/h4-11,14-15,25H,2-3,12-13H2,1H3,(H,23,24). The first-order valence-corrected chi connectivity index (χ1v) is 11.1. The minimum absolute atomic E-state index is 0.166. The Labute approximate surface area is 176 Å². The van der Waals surface area contributed by atoms with Gasteiger partial charge in [-0.05, 0) is 61.4 Å². The van der Waals surface area contributed by atoms with E-state index in [0.717, 1.165) is 24.5 Å². The summed E-state index contributed by atoms with van der Waals surface area (Å²) in [7, 11) is -2.15. The van der Waals surface area contributed by atoms with E-state index in [1.54, 1.807) is 42.6 Å². The lowest BCUT2D eigenvalue weighted by Gasteiger charge is -2.17. The molecule has 30 heavy (non-hydrogen) atoms. The highest BCUT2D eigenvalue weighted by atomic mass is 32.2. The van der Waals surface area contributed by atoms with Crippen molar-refractivity contribution in [1.82, 2.24) is 10.2 Å². The molecular formula is C21H23N5O3S. The molecule has 1 aromatic heterocycles. The molecule has 0 bridgehead atoms. The summed E-state index contributed by atoms with van der Waals surface area (Å²) in [5, 5.41) is 11.4. The first-order valence-electron chi connectivity index (χ1n) is 9.65. The molecule has 1 saturated heterocycles. The SMILES string of the molecule is COc1ccc(S(=O)(=O)Nc2ccc(Nc3cc(N4CCCC4)cnn3)cc2)cc1. The molecular weight excluding hydrogens is 402 g/mol. The van der Waals surface area contributed by atoms with Crippen molar-refractivity contribution in [2.75, 3.05) is 35.1 Å². The molecule has 2 heterocycles. The number of methoxy groups -OCH3 is 1. The number of rotatable bonds is 7. The fourth-order valence-electron chi connectivity index (χ4n) is 3.30. The van der Waals surface area contributed by atoms with E-state index in [1.807, 2.05) is 6.07 Å². The lowest BCUT2D eigenvalue weighted by Crippen LogP contribution is -2.18. The summed E-state index contributed by atoms with van der Waals surface area (Å²) in [4.78, 5) is 2.45. The number of aromatic nitrogens is 2. The molecule has 0 atom stereocenters. The van der Waals surface area contributed by atoms with E-state index in [4.69, 9.17) is 4.74 Å². The Bertz CT molecular complexity index is 1100. The predicted octanol–water partition coefficient (Wildman–Crippen LogP) is 3.63. The van der Waals surface area contributed by atoms with Crippen LogP contribution < -0.4 is 19.7 Å². The Balaban J connectivity index is 1.43. The Kier molecular flexibility index (Phi) is 5.71. The second kappa shape index (κ2) is 8.58. The quantitative estimate of drug-likeness (QED) is 0.597. The largest absolute Gasteiger partial charge is 0.497 e. The number of nitrogens with one attached hydrogen (secondary N) is 2. The zero-order chi connectivity index (χ0) is 21.0. The van der Waals surface area contributed by atoms with Crippen molar-refractivity contribution in [2.24, 2.45) is 0 Å². The van der Waals surface area contributed by atoms with Crippen molar-refractivity contribution in [2.45, 2.75) is 17.7 Å². The molecule has 0 saturated carbocycles. The van der Waals surface area contributed by atoms with Crippen LogP contribution in [0.3, 0.4) is 0 Å². The van der Waals surface area contributed by atoms with Crippen LogP contribution in [0.2, 0.25) is 0 Å². The average Bonchev–Trinajstić information content (AvgIpc) is 3.30. The number of anilines is 4. The second-order valence-corrected chi connectivity index (χ2v) is 8.66. The molecule has 1 fully saturated rings. The van der Waals surface area contributed by atoms with Gasteiger partial charge in [-0.15, -0.1) is 5.10 Å². The van der Waals surface area contributed by atoms with Crippen molar-refractivity contribution in [3.8, 4) is 5.75 Å². The van der Waals surface area contributed by atoms with Crippen molar-refractivity contribution in [3.63, 3.8) is 0 Å². The van der Waals surface area contributed by atoms with Gasteiger partial charge in [0.1, 0.15) is 5.75 Å². The average molecular weight is 426 g/mol. The maximum absolute atomic E-state index is 12.6. The maximum Gasteiger partial charge on any atom is 0.261 e. The van der Waals surface area contributed by atoms with Crippen LogP contribution in [-0.2, 0) is 10.0 Å². The molecule has 156 valence electrons. The fourth-order valence-corrected chi connectivity index (χ4v) is 4.36. The third-order valence-corrected chi connectivity index (χ3v) is 6.29.